The molecule has 1 atom stereocenters. The summed E-state index contributed by atoms with van der Waals surface area (Å²) < 4.78 is 5.13. The molecule has 2 aromatic rings. The number of fused-ring (bicyclic) bond motifs is 1. The van der Waals surface area contributed by atoms with E-state index in [1.807, 2.05) is 42.5 Å². The Morgan fingerprint density at radius 3 is 2.42 bits per heavy atom. The number of hydrogen-bond acceptors (Lipinski definition) is 3. The lowest BCUT2D eigenvalue weighted by Crippen LogP contribution is -2.45. The lowest BCUT2D eigenvalue weighted by atomic mass is 10.1. The Hall–Kier alpha value is -3.08. The summed E-state index contributed by atoms with van der Waals surface area (Å²) in [6.45, 7) is 6.21. The SMILES string of the molecule is C=C1c2ccccc2C(=O)N1C(C)C(=O)NCCc1ccc(OC)cc1. The van der Waals surface area contributed by atoms with Crippen molar-refractivity contribution in [2.75, 3.05) is 13.7 Å². The molecule has 0 aromatic heterocycles. The van der Waals surface area contributed by atoms with Gasteiger partial charge in [0.2, 0.25) is 5.91 Å². The molecule has 0 aliphatic carbocycles. The zero-order chi connectivity index (χ0) is 18.7. The third kappa shape index (κ3) is 3.33. The topological polar surface area (TPSA) is 58.6 Å². The molecule has 1 aliphatic rings. The third-order valence-corrected chi connectivity index (χ3v) is 4.62. The van der Waals surface area contributed by atoms with Crippen LogP contribution in [-0.2, 0) is 11.2 Å². The number of ether oxygens (including phenoxy) is 1. The van der Waals surface area contributed by atoms with Crippen LogP contribution in [0.3, 0.4) is 0 Å². The molecular formula is C21H22N2O3. The number of carbonyl (C=O) groups is 2. The zero-order valence-electron chi connectivity index (χ0n) is 15.0. The minimum atomic E-state index is -0.613. The van der Waals surface area contributed by atoms with Gasteiger partial charge in [0.25, 0.3) is 5.91 Å². The van der Waals surface area contributed by atoms with Gasteiger partial charge in [0.15, 0.2) is 0 Å². The van der Waals surface area contributed by atoms with Crippen molar-refractivity contribution >= 4 is 17.5 Å². The van der Waals surface area contributed by atoms with Crippen molar-refractivity contribution in [1.82, 2.24) is 10.2 Å². The van der Waals surface area contributed by atoms with Crippen molar-refractivity contribution in [2.24, 2.45) is 0 Å². The highest BCUT2D eigenvalue weighted by Crippen LogP contribution is 2.32. The van der Waals surface area contributed by atoms with Crippen molar-refractivity contribution in [1.29, 1.82) is 0 Å². The van der Waals surface area contributed by atoms with Crippen LogP contribution in [0.15, 0.2) is 55.1 Å². The molecule has 0 saturated carbocycles. The average molecular weight is 350 g/mol. The summed E-state index contributed by atoms with van der Waals surface area (Å²) >= 11 is 0. The van der Waals surface area contributed by atoms with Crippen LogP contribution in [0, 0.1) is 0 Å². The Bertz CT molecular complexity index is 808. The molecule has 0 spiro atoms. The van der Waals surface area contributed by atoms with Gasteiger partial charge in [-0.1, -0.05) is 36.9 Å². The fourth-order valence-electron chi connectivity index (χ4n) is 3.10. The predicted molar refractivity (Wildman–Crippen MR) is 101 cm³/mol. The molecule has 0 radical (unpaired) electrons. The maximum absolute atomic E-state index is 12.6. The Balaban J connectivity index is 1.58. The quantitative estimate of drug-likeness (QED) is 0.871. The molecule has 3 rings (SSSR count). The van der Waals surface area contributed by atoms with Gasteiger partial charge in [0, 0.05) is 23.4 Å². The van der Waals surface area contributed by atoms with Crippen molar-refractivity contribution in [3.63, 3.8) is 0 Å². The number of carbonyl (C=O) groups excluding carboxylic acids is 2. The van der Waals surface area contributed by atoms with Crippen LogP contribution in [-0.4, -0.2) is 36.4 Å². The molecule has 1 heterocycles. The number of benzene rings is 2. The molecule has 0 bridgehead atoms. The maximum Gasteiger partial charge on any atom is 0.259 e. The minimum absolute atomic E-state index is 0.177. The highest BCUT2D eigenvalue weighted by Gasteiger charge is 2.36. The van der Waals surface area contributed by atoms with E-state index in [1.54, 1.807) is 20.1 Å². The van der Waals surface area contributed by atoms with Gasteiger partial charge in [-0.05, 0) is 37.1 Å². The predicted octanol–water partition coefficient (Wildman–Crippen LogP) is 2.87. The van der Waals surface area contributed by atoms with Gasteiger partial charge in [-0.15, -0.1) is 0 Å². The number of rotatable bonds is 6. The van der Waals surface area contributed by atoms with Crippen molar-refractivity contribution in [3.05, 3.63) is 71.8 Å². The summed E-state index contributed by atoms with van der Waals surface area (Å²) in [5.74, 6) is 0.432. The van der Waals surface area contributed by atoms with Crippen LogP contribution in [0.2, 0.25) is 0 Å². The fourth-order valence-corrected chi connectivity index (χ4v) is 3.10. The molecule has 2 amide bonds. The number of amides is 2. The highest BCUT2D eigenvalue weighted by atomic mass is 16.5. The molecule has 2 aromatic carbocycles. The first-order valence-electron chi connectivity index (χ1n) is 8.55. The first-order valence-corrected chi connectivity index (χ1v) is 8.55. The maximum atomic E-state index is 12.6. The molecule has 5 heteroatoms. The molecule has 1 N–H and O–H groups in total. The van der Waals surface area contributed by atoms with Crippen LogP contribution < -0.4 is 10.1 Å². The van der Waals surface area contributed by atoms with E-state index >= 15 is 0 Å². The van der Waals surface area contributed by atoms with E-state index < -0.39 is 6.04 Å². The van der Waals surface area contributed by atoms with Crippen LogP contribution in [0.25, 0.3) is 5.70 Å². The fraction of sp³-hybridized carbons (Fsp3) is 0.238. The molecular weight excluding hydrogens is 328 g/mol. The van der Waals surface area contributed by atoms with E-state index in [4.69, 9.17) is 4.74 Å². The monoisotopic (exact) mass is 350 g/mol. The average Bonchev–Trinajstić information content (AvgIpc) is 2.92. The van der Waals surface area contributed by atoms with Crippen molar-refractivity contribution < 1.29 is 14.3 Å². The number of nitrogens with one attached hydrogen (secondary N) is 1. The van der Waals surface area contributed by atoms with Crippen LogP contribution in [0.1, 0.15) is 28.4 Å². The van der Waals surface area contributed by atoms with Crippen LogP contribution >= 0.6 is 0 Å². The largest absolute Gasteiger partial charge is 0.497 e. The summed E-state index contributed by atoms with van der Waals surface area (Å²) in [6, 6.07) is 14.4. The van der Waals surface area contributed by atoms with E-state index in [-0.39, 0.29) is 11.8 Å². The Labute approximate surface area is 153 Å². The molecule has 1 unspecified atom stereocenters. The van der Waals surface area contributed by atoms with Gasteiger partial charge in [-0.25, -0.2) is 0 Å². The van der Waals surface area contributed by atoms with E-state index in [0.717, 1.165) is 16.9 Å². The molecule has 134 valence electrons. The third-order valence-electron chi connectivity index (χ3n) is 4.62. The van der Waals surface area contributed by atoms with Gasteiger partial charge < -0.3 is 10.1 Å². The number of nitrogens with zero attached hydrogens (tertiary/aromatic N) is 1. The van der Waals surface area contributed by atoms with Gasteiger partial charge in [-0.2, -0.15) is 0 Å². The van der Waals surface area contributed by atoms with Crippen molar-refractivity contribution in [3.8, 4) is 5.75 Å². The highest BCUT2D eigenvalue weighted by molar-refractivity contribution is 6.10. The number of hydrogen-bond donors (Lipinski definition) is 1. The Kier molecular flexibility index (Phi) is 5.07. The van der Waals surface area contributed by atoms with E-state index in [2.05, 4.69) is 11.9 Å². The Morgan fingerprint density at radius 1 is 1.15 bits per heavy atom. The molecule has 1 aliphatic heterocycles. The zero-order valence-corrected chi connectivity index (χ0v) is 15.0. The van der Waals surface area contributed by atoms with E-state index in [9.17, 15) is 9.59 Å². The first-order chi connectivity index (χ1) is 12.5. The van der Waals surface area contributed by atoms with Crippen LogP contribution in [0.5, 0.6) is 5.75 Å². The van der Waals surface area contributed by atoms with Gasteiger partial charge in [0.05, 0.1) is 7.11 Å². The van der Waals surface area contributed by atoms with Gasteiger partial charge in [0.1, 0.15) is 11.8 Å². The molecule has 26 heavy (non-hydrogen) atoms. The molecule has 0 saturated heterocycles. The summed E-state index contributed by atoms with van der Waals surface area (Å²) in [4.78, 5) is 26.5. The minimum Gasteiger partial charge on any atom is -0.497 e. The second-order valence-electron chi connectivity index (χ2n) is 6.23. The summed E-state index contributed by atoms with van der Waals surface area (Å²) in [6.07, 6.45) is 0.706. The lowest BCUT2D eigenvalue weighted by molar-refractivity contribution is -0.124. The second kappa shape index (κ2) is 7.44. The Morgan fingerprint density at radius 2 is 1.81 bits per heavy atom. The summed E-state index contributed by atoms with van der Waals surface area (Å²) in [5.41, 5.74) is 3.06. The van der Waals surface area contributed by atoms with E-state index in [1.165, 1.54) is 4.90 Å². The standard InChI is InChI=1S/C21H22N2O3/c1-14-18-6-4-5-7-19(18)21(25)23(14)15(2)20(24)22-13-12-16-8-10-17(26-3)11-9-16/h4-11,15H,1,12-13H2,2-3H3,(H,22,24). The van der Waals surface area contributed by atoms with Crippen molar-refractivity contribution in [2.45, 2.75) is 19.4 Å². The normalized spacial score (nSPS) is 14.2. The summed E-state index contributed by atoms with van der Waals surface area (Å²) in [5, 5.41) is 2.90. The van der Waals surface area contributed by atoms with Crippen LogP contribution in [0.4, 0.5) is 0 Å². The summed E-state index contributed by atoms with van der Waals surface area (Å²) in [7, 11) is 1.63. The van der Waals surface area contributed by atoms with Gasteiger partial charge in [-0.3, -0.25) is 14.5 Å². The molecule has 5 nitrogen and oxygen atoms in total. The number of methoxy groups -OCH3 is 1. The van der Waals surface area contributed by atoms with Gasteiger partial charge >= 0.3 is 0 Å². The lowest BCUT2D eigenvalue weighted by Gasteiger charge is -2.24. The first kappa shape index (κ1) is 17.7. The molecule has 0 fully saturated rings. The second-order valence-corrected chi connectivity index (χ2v) is 6.23. The smallest absolute Gasteiger partial charge is 0.259 e. The van der Waals surface area contributed by atoms with E-state index in [0.29, 0.717) is 24.2 Å².